The number of piperazine rings is 1. The Balaban J connectivity index is 1.87. The topological polar surface area (TPSA) is 45.2 Å². The number of nitrogens with zero attached hydrogens (tertiary/aromatic N) is 2. The Hall–Kier alpha value is -0.605. The first-order chi connectivity index (χ1) is 11.4. The molecule has 1 aromatic carbocycles. The minimum absolute atomic E-state index is 0.00147. The van der Waals surface area contributed by atoms with E-state index >= 15 is 0 Å². The van der Waals surface area contributed by atoms with Crippen LogP contribution in [0.4, 0.5) is 8.78 Å². The third-order valence-corrected chi connectivity index (χ3v) is 5.76. The van der Waals surface area contributed by atoms with Crippen molar-refractivity contribution in [1.82, 2.24) is 9.71 Å². The maximum atomic E-state index is 12.6. The molecule has 24 heavy (non-hydrogen) atoms. The van der Waals surface area contributed by atoms with Gasteiger partial charge in [-0.3, -0.25) is 4.90 Å². The standard InChI is InChI=1S/C14H17BBrClF2N2O3/c1-15(22)21-3-2-20-5-8-4-10(24-14(18)19)11(16)12(17)13(8)23-7-9(20)6-21/h4,9,14,22H,2-3,5-7H2,1H3/t9-/m1/s1. The molecule has 0 spiro atoms. The molecule has 2 aliphatic heterocycles. The molecule has 0 aliphatic carbocycles. The molecule has 2 heterocycles. The average molecular weight is 425 g/mol. The Labute approximate surface area is 152 Å². The van der Waals surface area contributed by atoms with Crippen molar-refractivity contribution >= 4 is 34.6 Å². The number of halogens is 4. The van der Waals surface area contributed by atoms with Crippen molar-refractivity contribution in [3.05, 3.63) is 21.1 Å². The molecule has 1 fully saturated rings. The molecule has 10 heteroatoms. The predicted octanol–water partition coefficient (Wildman–Crippen LogP) is 2.69. The highest BCUT2D eigenvalue weighted by Gasteiger charge is 2.34. The Morgan fingerprint density at radius 3 is 2.92 bits per heavy atom. The monoisotopic (exact) mass is 424 g/mol. The zero-order valence-corrected chi connectivity index (χ0v) is 15.4. The molecule has 3 rings (SSSR count). The summed E-state index contributed by atoms with van der Waals surface area (Å²) in [6.45, 7) is 1.90. The highest BCUT2D eigenvalue weighted by Crippen LogP contribution is 2.44. The van der Waals surface area contributed by atoms with Crippen molar-refractivity contribution in [3.8, 4) is 11.5 Å². The highest BCUT2D eigenvalue weighted by atomic mass is 79.9. The van der Waals surface area contributed by atoms with Crippen LogP contribution >= 0.6 is 27.5 Å². The van der Waals surface area contributed by atoms with E-state index in [9.17, 15) is 13.8 Å². The van der Waals surface area contributed by atoms with Gasteiger partial charge in [-0.2, -0.15) is 8.78 Å². The summed E-state index contributed by atoms with van der Waals surface area (Å²) in [6.07, 6.45) is 0. The molecule has 132 valence electrons. The van der Waals surface area contributed by atoms with Crippen LogP contribution in [0.15, 0.2) is 10.5 Å². The Bertz CT molecular complexity index is 626. The lowest BCUT2D eigenvalue weighted by atomic mass is 9.83. The molecule has 1 atom stereocenters. The third kappa shape index (κ3) is 3.65. The largest absolute Gasteiger partial charge is 0.490 e. The zero-order chi connectivity index (χ0) is 17.4. The summed E-state index contributed by atoms with van der Waals surface area (Å²) in [4.78, 5) is 4.18. The molecule has 5 nitrogen and oxygen atoms in total. The SMILES string of the molecule is CB(O)N1CCN2Cc3cc(OC(F)F)c(Br)c(Cl)c3OC[C@H]2C1. The maximum absolute atomic E-state index is 12.6. The first kappa shape index (κ1) is 18.2. The smallest absolute Gasteiger partial charge is 0.387 e. The quantitative estimate of drug-likeness (QED) is 0.755. The van der Waals surface area contributed by atoms with E-state index in [1.807, 2.05) is 4.81 Å². The maximum Gasteiger partial charge on any atom is 0.387 e. The molecule has 0 aromatic heterocycles. The van der Waals surface area contributed by atoms with E-state index < -0.39 is 13.7 Å². The van der Waals surface area contributed by atoms with E-state index in [2.05, 4.69) is 25.6 Å². The molecule has 0 radical (unpaired) electrons. The second-order valence-corrected chi connectivity index (χ2v) is 7.10. The summed E-state index contributed by atoms with van der Waals surface area (Å²) in [7, 11) is -0.512. The molecular weight excluding hydrogens is 408 g/mol. The number of rotatable bonds is 3. The van der Waals surface area contributed by atoms with Crippen molar-refractivity contribution in [2.24, 2.45) is 0 Å². The van der Waals surface area contributed by atoms with E-state index in [1.165, 1.54) is 0 Å². The molecule has 1 N–H and O–H groups in total. The second-order valence-electron chi connectivity index (χ2n) is 5.93. The van der Waals surface area contributed by atoms with E-state index in [0.717, 1.165) is 13.1 Å². The predicted molar refractivity (Wildman–Crippen MR) is 90.9 cm³/mol. The summed E-state index contributed by atoms with van der Waals surface area (Å²) in [5.41, 5.74) is 0.715. The minimum atomic E-state index is -2.93. The van der Waals surface area contributed by atoms with Gasteiger partial charge in [-0.25, -0.2) is 0 Å². The zero-order valence-electron chi connectivity index (χ0n) is 13.0. The van der Waals surface area contributed by atoms with Crippen LogP contribution in [0.5, 0.6) is 11.5 Å². The molecule has 0 amide bonds. The van der Waals surface area contributed by atoms with Crippen molar-refractivity contribution in [2.75, 3.05) is 26.2 Å². The Morgan fingerprint density at radius 1 is 1.50 bits per heavy atom. The number of hydrogen-bond acceptors (Lipinski definition) is 5. The van der Waals surface area contributed by atoms with Crippen LogP contribution in [0.3, 0.4) is 0 Å². The molecule has 1 aromatic rings. The van der Waals surface area contributed by atoms with Gasteiger partial charge in [0.25, 0.3) is 0 Å². The van der Waals surface area contributed by atoms with Crippen molar-refractivity contribution in [1.29, 1.82) is 0 Å². The van der Waals surface area contributed by atoms with Crippen LogP contribution in [0.25, 0.3) is 0 Å². The van der Waals surface area contributed by atoms with E-state index in [-0.39, 0.29) is 21.3 Å². The van der Waals surface area contributed by atoms with Crippen molar-refractivity contribution < 1.29 is 23.3 Å². The molecular formula is C14H17BBrClF2N2O3. The molecule has 0 saturated carbocycles. The van der Waals surface area contributed by atoms with Gasteiger partial charge in [-0.05, 0) is 28.8 Å². The Kier molecular flexibility index (Phi) is 5.56. The fourth-order valence-corrected chi connectivity index (χ4v) is 3.77. The lowest BCUT2D eigenvalue weighted by Crippen LogP contribution is -2.57. The van der Waals surface area contributed by atoms with Gasteiger partial charge in [-0.1, -0.05) is 11.6 Å². The highest BCUT2D eigenvalue weighted by molar-refractivity contribution is 9.10. The fourth-order valence-electron chi connectivity index (χ4n) is 3.11. The number of ether oxygens (including phenoxy) is 2. The van der Waals surface area contributed by atoms with Gasteiger partial charge in [0.15, 0.2) is 0 Å². The number of fused-ring (bicyclic) bond motifs is 2. The molecule has 0 unspecified atom stereocenters. The molecule has 0 bridgehead atoms. The van der Waals surface area contributed by atoms with Crippen LogP contribution in [-0.4, -0.2) is 60.7 Å². The van der Waals surface area contributed by atoms with Gasteiger partial charge in [0.1, 0.15) is 23.1 Å². The lowest BCUT2D eigenvalue weighted by molar-refractivity contribution is -0.0504. The molecule has 2 aliphatic rings. The number of benzene rings is 1. The van der Waals surface area contributed by atoms with Crippen LogP contribution in [0.1, 0.15) is 5.56 Å². The van der Waals surface area contributed by atoms with Crippen molar-refractivity contribution in [3.63, 3.8) is 0 Å². The lowest BCUT2D eigenvalue weighted by Gasteiger charge is -2.40. The molecule has 1 saturated heterocycles. The summed E-state index contributed by atoms with van der Waals surface area (Å²) in [5.74, 6) is 0.488. The summed E-state index contributed by atoms with van der Waals surface area (Å²) >= 11 is 9.48. The normalized spacial score (nSPS) is 21.7. The van der Waals surface area contributed by atoms with Crippen LogP contribution in [0.2, 0.25) is 11.8 Å². The summed E-state index contributed by atoms with van der Waals surface area (Å²) in [6, 6.07) is 1.64. The van der Waals surface area contributed by atoms with Crippen LogP contribution in [0, 0.1) is 0 Å². The van der Waals surface area contributed by atoms with Gasteiger partial charge in [0.2, 0.25) is 0 Å². The van der Waals surface area contributed by atoms with Crippen LogP contribution < -0.4 is 9.47 Å². The van der Waals surface area contributed by atoms with E-state index in [0.29, 0.717) is 31.0 Å². The minimum Gasteiger partial charge on any atom is -0.490 e. The second kappa shape index (κ2) is 7.33. The van der Waals surface area contributed by atoms with Gasteiger partial charge < -0.3 is 19.3 Å². The number of hydrogen-bond donors (Lipinski definition) is 1. The third-order valence-electron chi connectivity index (χ3n) is 4.38. The van der Waals surface area contributed by atoms with Gasteiger partial charge in [0.05, 0.1) is 10.5 Å². The average Bonchev–Trinajstić information content (AvgIpc) is 2.70. The number of alkyl halides is 2. The summed E-state index contributed by atoms with van der Waals surface area (Å²) < 4.78 is 35.8. The van der Waals surface area contributed by atoms with E-state index in [4.69, 9.17) is 16.3 Å². The summed E-state index contributed by atoms with van der Waals surface area (Å²) in [5, 5.41) is 10.00. The fraction of sp³-hybridized carbons (Fsp3) is 0.571. The first-order valence-electron chi connectivity index (χ1n) is 7.61. The Morgan fingerprint density at radius 2 is 2.25 bits per heavy atom. The van der Waals surface area contributed by atoms with Gasteiger partial charge in [0, 0.05) is 31.7 Å². The van der Waals surface area contributed by atoms with Gasteiger partial charge >= 0.3 is 13.7 Å². The van der Waals surface area contributed by atoms with Crippen LogP contribution in [-0.2, 0) is 6.54 Å². The van der Waals surface area contributed by atoms with Crippen molar-refractivity contribution in [2.45, 2.75) is 26.0 Å². The van der Waals surface area contributed by atoms with E-state index in [1.54, 1.807) is 12.9 Å². The first-order valence-corrected chi connectivity index (χ1v) is 8.78. The van der Waals surface area contributed by atoms with Gasteiger partial charge in [-0.15, -0.1) is 0 Å².